The van der Waals surface area contributed by atoms with Crippen LogP contribution in [-0.4, -0.2) is 53.1 Å². The summed E-state index contributed by atoms with van der Waals surface area (Å²) in [5.74, 6) is -4.51. The quantitative estimate of drug-likeness (QED) is 0.164. The molecular weight excluding hydrogens is 326 g/mol. The van der Waals surface area contributed by atoms with E-state index in [1.807, 2.05) is 0 Å². The average molecular weight is 334 g/mol. The molecule has 0 saturated carbocycles. The fourth-order valence-electron chi connectivity index (χ4n) is 0.742. The molecule has 4 N–H and O–H groups in total. The van der Waals surface area contributed by atoms with E-state index < -0.39 is 45.6 Å². The zero-order valence-electron chi connectivity index (χ0n) is 9.60. The number of aliphatic hydroxyl groups is 3. The van der Waals surface area contributed by atoms with Gasteiger partial charge in [0.25, 0.3) is 10.1 Å². The van der Waals surface area contributed by atoms with Crippen LogP contribution in [0.25, 0.3) is 0 Å². The molecule has 0 saturated heterocycles. The van der Waals surface area contributed by atoms with Gasteiger partial charge in [0.05, 0.1) is 18.7 Å². The molecule has 0 heterocycles. The van der Waals surface area contributed by atoms with Gasteiger partial charge in [-0.25, -0.2) is 0 Å². The number of carboxylic acid groups (broad SMARTS) is 1. The van der Waals surface area contributed by atoms with Crippen LogP contribution < -0.4 is 113 Å². The maximum Gasteiger partial charge on any atom is 1.00 e. The Bertz CT molecular complexity index is 403. The summed E-state index contributed by atoms with van der Waals surface area (Å²) in [6.45, 7) is -1.11. The smallest absolute Gasteiger partial charge is 0.873 e. The Morgan fingerprint density at radius 1 is 1.17 bits per heavy atom. The normalized spacial score (nSPS) is 15.6. The monoisotopic (exact) mass is 334 g/mol. The Morgan fingerprint density at radius 3 is 1.78 bits per heavy atom. The van der Waals surface area contributed by atoms with Gasteiger partial charge in [0, 0.05) is 0 Å². The summed E-state index contributed by atoms with van der Waals surface area (Å²) in [5, 5.41) is 47.3. The molecule has 0 aliphatic heterocycles. The molecule has 0 aromatic rings. The van der Waals surface area contributed by atoms with Crippen molar-refractivity contribution in [1.29, 1.82) is 0 Å². The van der Waals surface area contributed by atoms with Crippen molar-refractivity contribution in [1.82, 2.24) is 0 Å². The second-order valence-corrected chi connectivity index (χ2v) is 4.01. The first kappa shape index (κ1) is 25.1. The molecule has 0 aliphatic carbocycles. The minimum atomic E-state index is -5.40. The van der Waals surface area contributed by atoms with Crippen LogP contribution in [0.3, 0.4) is 0 Å². The number of hydrogen-bond acceptors (Lipinski definition) is 8. The molecule has 0 spiro atoms. The third kappa shape index (κ3) is 7.75. The van der Waals surface area contributed by atoms with E-state index in [4.69, 9.17) is 19.9 Å². The maximum atomic E-state index is 11.0. The van der Waals surface area contributed by atoms with Crippen LogP contribution in [0.5, 0.6) is 0 Å². The number of aliphatic hydroxyl groups excluding tert-OH is 3. The molecule has 18 heavy (non-hydrogen) atoms. The molecule has 0 aromatic heterocycles. The third-order valence-electron chi connectivity index (χ3n) is 1.49. The number of rotatable bonds is 5. The van der Waals surface area contributed by atoms with Gasteiger partial charge < -0.3 is 30.3 Å². The van der Waals surface area contributed by atoms with Gasteiger partial charge in [0.1, 0.15) is 11.0 Å². The second-order valence-electron chi connectivity index (χ2n) is 2.65. The van der Waals surface area contributed by atoms with Gasteiger partial charge >= 0.3 is 103 Å². The molecule has 0 radical (unpaired) electrons. The molecule has 0 fully saturated rings. The molecule has 0 unspecified atom stereocenters. The molecule has 0 amide bonds. The summed E-state index contributed by atoms with van der Waals surface area (Å²) >= 11 is 0. The van der Waals surface area contributed by atoms with E-state index in [1.165, 1.54) is 0 Å². The van der Waals surface area contributed by atoms with Crippen LogP contribution in [0.1, 0.15) is 0 Å². The molecule has 12 heteroatoms. The Labute approximate surface area is 187 Å². The van der Waals surface area contributed by atoms with Crippen molar-refractivity contribution in [2.24, 2.45) is 0 Å². The molecule has 9 nitrogen and oxygen atoms in total. The van der Waals surface area contributed by atoms with E-state index in [0.29, 0.717) is 0 Å². The minimum absolute atomic E-state index is 0. The van der Waals surface area contributed by atoms with E-state index in [-0.39, 0.29) is 103 Å². The fourth-order valence-corrected chi connectivity index (χ4v) is 1.33. The first-order valence-corrected chi connectivity index (χ1v) is 5.14. The molecular formula is C6H8K2O9S. The van der Waals surface area contributed by atoms with Crippen molar-refractivity contribution in [2.75, 3.05) is 6.61 Å². The average Bonchev–Trinajstić information content (AvgIpc) is 2.12. The van der Waals surface area contributed by atoms with Crippen LogP contribution in [0.15, 0.2) is 10.7 Å². The van der Waals surface area contributed by atoms with Crippen LogP contribution in [0, 0.1) is 0 Å². The van der Waals surface area contributed by atoms with E-state index in [9.17, 15) is 23.4 Å². The molecule has 0 bridgehead atoms. The number of carboxylic acids is 1. The fraction of sp³-hybridized carbons (Fsp3) is 0.500. The van der Waals surface area contributed by atoms with Crippen LogP contribution >= 0.6 is 0 Å². The zero-order chi connectivity index (χ0) is 13.1. The predicted molar refractivity (Wildman–Crippen MR) is 42.7 cm³/mol. The summed E-state index contributed by atoms with van der Waals surface area (Å²) in [6.07, 6.45) is -4.58. The minimum Gasteiger partial charge on any atom is -0.873 e. The Kier molecular flexibility index (Phi) is 15.0. The van der Waals surface area contributed by atoms with Crippen molar-refractivity contribution < 1.29 is 146 Å². The number of hydrogen-bond donors (Lipinski definition) is 4. The van der Waals surface area contributed by atoms with Crippen molar-refractivity contribution in [3.05, 3.63) is 10.7 Å². The van der Waals surface area contributed by atoms with E-state index >= 15 is 0 Å². The molecule has 0 aromatic carbocycles. The first-order chi connectivity index (χ1) is 7.12. The Hall–Kier alpha value is 2.07. The van der Waals surface area contributed by atoms with Crippen LogP contribution in [0.4, 0.5) is 0 Å². The predicted octanol–water partition coefficient (Wildman–Crippen LogP) is -11.1. The van der Waals surface area contributed by atoms with Crippen molar-refractivity contribution in [3.63, 3.8) is 0 Å². The summed E-state index contributed by atoms with van der Waals surface area (Å²) in [5.41, 5.74) is 0. The van der Waals surface area contributed by atoms with Gasteiger partial charge in [-0.3, -0.25) is 4.55 Å². The van der Waals surface area contributed by atoms with Crippen LogP contribution in [0.2, 0.25) is 0 Å². The van der Waals surface area contributed by atoms with E-state index in [0.717, 1.165) is 0 Å². The van der Waals surface area contributed by atoms with Crippen LogP contribution in [-0.2, 0) is 14.9 Å². The first-order valence-electron chi connectivity index (χ1n) is 3.70. The topological polar surface area (TPSA) is 178 Å². The van der Waals surface area contributed by atoms with Crippen molar-refractivity contribution in [3.8, 4) is 0 Å². The van der Waals surface area contributed by atoms with Gasteiger partial charge in [0.2, 0.25) is 0 Å². The number of carbonyl (C=O) groups is 1. The summed E-state index contributed by atoms with van der Waals surface area (Å²) < 4.78 is 29.3. The zero-order valence-corrected chi connectivity index (χ0v) is 16.7. The maximum absolute atomic E-state index is 11.0. The van der Waals surface area contributed by atoms with Gasteiger partial charge in [-0.15, -0.1) is 0 Å². The summed E-state index contributed by atoms with van der Waals surface area (Å²) in [7, 11) is -5.40. The third-order valence-corrected chi connectivity index (χ3v) is 2.37. The molecule has 0 rings (SSSR count). The Morgan fingerprint density at radius 2 is 1.56 bits per heavy atom. The van der Waals surface area contributed by atoms with Crippen molar-refractivity contribution >= 4 is 16.1 Å². The second kappa shape index (κ2) is 10.8. The molecule has 2 atom stereocenters. The number of aliphatic carboxylic acids is 1. The van der Waals surface area contributed by atoms with E-state index in [2.05, 4.69) is 0 Å². The van der Waals surface area contributed by atoms with Crippen molar-refractivity contribution in [2.45, 2.75) is 12.2 Å². The summed E-state index contributed by atoms with van der Waals surface area (Å²) in [6, 6.07) is 0. The standard InChI is InChI=1S/C6H10O9S.2K/c7-1-2(8)3(9)4(10)5(6(11)12)16(13,14)15;;/h2-3,7-10H,1H2,(H,11,12)(H,13,14,15);;/q;2*+1/p-2/b5-4+;;/t2-,3+;;/m0../s1. The largest absolute Gasteiger partial charge is 1.00 e. The van der Waals surface area contributed by atoms with Gasteiger partial charge in [-0.1, -0.05) is 5.76 Å². The van der Waals surface area contributed by atoms with Gasteiger partial charge in [-0.2, -0.15) is 8.42 Å². The Balaban J connectivity index is -0.00000112. The molecule has 0 aliphatic rings. The van der Waals surface area contributed by atoms with Gasteiger partial charge in [-0.05, 0) is 0 Å². The van der Waals surface area contributed by atoms with Gasteiger partial charge in [0.15, 0.2) is 0 Å². The summed E-state index contributed by atoms with van der Waals surface area (Å²) in [4.78, 5) is 8.15. The van der Waals surface area contributed by atoms with E-state index in [1.54, 1.807) is 0 Å². The SMILES string of the molecule is O=C([O-])/C(=C(\[O-])[C@H](O)[C@@H](O)CO)S(=O)(=O)O.[K+].[K+]. The number of carbonyl (C=O) groups excluding carboxylic acids is 1. The molecule has 94 valence electrons.